The highest BCUT2D eigenvalue weighted by Crippen LogP contribution is 2.10. The van der Waals surface area contributed by atoms with Crippen LogP contribution in [0.15, 0.2) is 29.2 Å². The lowest BCUT2D eigenvalue weighted by Gasteiger charge is -2.04. The molecule has 1 aromatic carbocycles. The fraction of sp³-hybridized carbons (Fsp3) is 0.200. The molecule has 0 atom stereocenters. The van der Waals surface area contributed by atoms with Crippen LogP contribution in [-0.2, 0) is 14.8 Å². The maximum Gasteiger partial charge on any atom is 0.241 e. The minimum Gasteiger partial charge on any atom is -0.299 e. The number of hydrogen-bond acceptors (Lipinski definition) is 4. The average Bonchev–Trinajstić information content (AvgIpc) is 2.27. The van der Waals surface area contributed by atoms with Gasteiger partial charge in [0.2, 0.25) is 10.0 Å². The van der Waals surface area contributed by atoms with E-state index in [1.54, 1.807) is 0 Å². The molecule has 0 fully saturated rings. The van der Waals surface area contributed by atoms with Crippen LogP contribution in [0.4, 0.5) is 0 Å². The molecule has 0 unspecified atom stereocenters. The van der Waals surface area contributed by atoms with Crippen molar-refractivity contribution in [3.63, 3.8) is 0 Å². The van der Waals surface area contributed by atoms with Crippen LogP contribution in [0.25, 0.3) is 0 Å². The van der Waals surface area contributed by atoms with Gasteiger partial charge in [-0.25, -0.2) is 13.1 Å². The van der Waals surface area contributed by atoms with E-state index in [1.165, 1.54) is 31.2 Å². The first-order valence-electron chi connectivity index (χ1n) is 4.45. The smallest absolute Gasteiger partial charge is 0.241 e. The third-order valence-corrected chi connectivity index (χ3v) is 3.18. The van der Waals surface area contributed by atoms with Gasteiger partial charge in [0.1, 0.15) is 5.78 Å². The Kier molecular flexibility index (Phi) is 3.77. The van der Waals surface area contributed by atoms with Gasteiger partial charge in [-0.3, -0.25) is 4.79 Å². The average molecular weight is 238 g/mol. The number of rotatable bonds is 4. The highest BCUT2D eigenvalue weighted by Gasteiger charge is 2.14. The Labute approximate surface area is 93.8 Å². The lowest BCUT2D eigenvalue weighted by atomic mass is 10.2. The van der Waals surface area contributed by atoms with E-state index in [4.69, 9.17) is 5.26 Å². The van der Waals surface area contributed by atoms with E-state index in [1.807, 2.05) is 6.07 Å². The first kappa shape index (κ1) is 12.4. The summed E-state index contributed by atoms with van der Waals surface area (Å²) >= 11 is 0. The zero-order chi connectivity index (χ0) is 12.2. The Morgan fingerprint density at radius 3 is 2.75 bits per heavy atom. The van der Waals surface area contributed by atoms with Crippen molar-refractivity contribution < 1.29 is 13.2 Å². The van der Waals surface area contributed by atoms with Gasteiger partial charge in [0.05, 0.1) is 23.1 Å². The van der Waals surface area contributed by atoms with Crippen LogP contribution in [0.2, 0.25) is 0 Å². The van der Waals surface area contributed by atoms with Gasteiger partial charge >= 0.3 is 0 Å². The number of carbonyl (C=O) groups is 1. The van der Waals surface area contributed by atoms with Crippen molar-refractivity contribution in [2.24, 2.45) is 0 Å². The van der Waals surface area contributed by atoms with E-state index >= 15 is 0 Å². The molecule has 5 nitrogen and oxygen atoms in total. The van der Waals surface area contributed by atoms with Gasteiger partial charge in [0.25, 0.3) is 0 Å². The maximum atomic E-state index is 11.6. The fourth-order valence-corrected chi connectivity index (χ4v) is 2.11. The van der Waals surface area contributed by atoms with Crippen LogP contribution in [0.1, 0.15) is 12.5 Å². The predicted molar refractivity (Wildman–Crippen MR) is 57.0 cm³/mol. The van der Waals surface area contributed by atoms with E-state index in [2.05, 4.69) is 4.72 Å². The summed E-state index contributed by atoms with van der Waals surface area (Å²) in [6, 6.07) is 7.44. The molecule has 0 aliphatic rings. The van der Waals surface area contributed by atoms with Crippen LogP contribution in [0.3, 0.4) is 0 Å². The van der Waals surface area contributed by atoms with E-state index in [9.17, 15) is 13.2 Å². The number of nitrogens with zero attached hydrogens (tertiary/aromatic N) is 1. The molecule has 1 rings (SSSR count). The lowest BCUT2D eigenvalue weighted by Crippen LogP contribution is -2.28. The van der Waals surface area contributed by atoms with Crippen molar-refractivity contribution in [2.75, 3.05) is 6.54 Å². The zero-order valence-electron chi connectivity index (χ0n) is 8.60. The second-order valence-corrected chi connectivity index (χ2v) is 4.93. The van der Waals surface area contributed by atoms with Gasteiger partial charge in [-0.05, 0) is 25.1 Å². The summed E-state index contributed by atoms with van der Waals surface area (Å²) in [6.45, 7) is 1.04. The summed E-state index contributed by atoms with van der Waals surface area (Å²) in [5.41, 5.74) is 0.255. The van der Waals surface area contributed by atoms with Gasteiger partial charge in [0, 0.05) is 0 Å². The molecule has 0 saturated heterocycles. The first-order valence-corrected chi connectivity index (χ1v) is 5.93. The molecule has 0 saturated carbocycles. The van der Waals surface area contributed by atoms with Crippen molar-refractivity contribution in [3.8, 4) is 6.07 Å². The van der Waals surface area contributed by atoms with Crippen molar-refractivity contribution in [1.82, 2.24) is 4.72 Å². The Morgan fingerprint density at radius 1 is 1.50 bits per heavy atom. The largest absolute Gasteiger partial charge is 0.299 e. The van der Waals surface area contributed by atoms with E-state index in [-0.39, 0.29) is 22.8 Å². The molecule has 0 spiro atoms. The molecular formula is C10H10N2O3S. The number of benzene rings is 1. The molecule has 0 radical (unpaired) electrons. The van der Waals surface area contributed by atoms with Crippen LogP contribution < -0.4 is 4.72 Å². The van der Waals surface area contributed by atoms with Gasteiger partial charge < -0.3 is 0 Å². The molecule has 0 aliphatic carbocycles. The summed E-state index contributed by atoms with van der Waals surface area (Å²) in [7, 11) is -3.71. The van der Waals surface area contributed by atoms with Crippen molar-refractivity contribution in [2.45, 2.75) is 11.8 Å². The van der Waals surface area contributed by atoms with E-state index < -0.39 is 10.0 Å². The fourth-order valence-electron chi connectivity index (χ4n) is 1.01. The van der Waals surface area contributed by atoms with Crippen LogP contribution in [0, 0.1) is 11.3 Å². The molecule has 0 amide bonds. The molecule has 1 aromatic rings. The molecule has 0 aromatic heterocycles. The third kappa shape index (κ3) is 3.15. The Hall–Kier alpha value is -1.71. The minimum atomic E-state index is -3.71. The molecule has 16 heavy (non-hydrogen) atoms. The molecule has 84 valence electrons. The number of nitriles is 1. The summed E-state index contributed by atoms with van der Waals surface area (Å²) in [4.78, 5) is 10.6. The van der Waals surface area contributed by atoms with Crippen molar-refractivity contribution in [1.29, 1.82) is 5.26 Å². The first-order chi connectivity index (χ1) is 7.45. The maximum absolute atomic E-state index is 11.6. The SMILES string of the molecule is CC(=O)CNS(=O)(=O)c1cccc(C#N)c1. The highest BCUT2D eigenvalue weighted by molar-refractivity contribution is 7.89. The number of carbonyl (C=O) groups excluding carboxylic acids is 1. The Morgan fingerprint density at radius 2 is 2.19 bits per heavy atom. The number of Topliss-reactive ketones (excluding diaryl/α,β-unsaturated/α-hetero) is 1. The second kappa shape index (κ2) is 4.88. The van der Waals surface area contributed by atoms with Gasteiger partial charge in [-0.15, -0.1) is 0 Å². The second-order valence-electron chi connectivity index (χ2n) is 3.17. The number of hydrogen-bond donors (Lipinski definition) is 1. The normalized spacial score (nSPS) is 10.8. The number of nitrogens with one attached hydrogen (secondary N) is 1. The molecule has 0 aliphatic heterocycles. The topological polar surface area (TPSA) is 87.0 Å². The van der Waals surface area contributed by atoms with Crippen molar-refractivity contribution >= 4 is 15.8 Å². The molecule has 0 bridgehead atoms. The molecule has 0 heterocycles. The van der Waals surface area contributed by atoms with Crippen molar-refractivity contribution in [3.05, 3.63) is 29.8 Å². The van der Waals surface area contributed by atoms with Crippen LogP contribution >= 0.6 is 0 Å². The summed E-state index contributed by atoms with van der Waals surface area (Å²) in [5, 5.41) is 8.63. The monoisotopic (exact) mass is 238 g/mol. The molecule has 1 N–H and O–H groups in total. The summed E-state index contributed by atoms with van der Waals surface area (Å²) in [5.74, 6) is -0.278. The van der Waals surface area contributed by atoms with Crippen LogP contribution in [0.5, 0.6) is 0 Å². The quantitative estimate of drug-likeness (QED) is 0.823. The number of ketones is 1. The lowest BCUT2D eigenvalue weighted by molar-refractivity contribution is -0.115. The number of sulfonamides is 1. The van der Waals surface area contributed by atoms with E-state index in [0.717, 1.165) is 0 Å². The van der Waals surface area contributed by atoms with Gasteiger partial charge in [0.15, 0.2) is 0 Å². The Bertz CT molecular complexity index is 543. The minimum absolute atomic E-state index is 0.0206. The predicted octanol–water partition coefficient (Wildman–Crippen LogP) is 0.426. The van der Waals surface area contributed by atoms with Crippen LogP contribution in [-0.4, -0.2) is 20.7 Å². The zero-order valence-corrected chi connectivity index (χ0v) is 9.41. The molecule has 6 heteroatoms. The molecular weight excluding hydrogens is 228 g/mol. The van der Waals surface area contributed by atoms with E-state index in [0.29, 0.717) is 0 Å². The standard InChI is InChI=1S/C10H10N2O3S/c1-8(13)7-12-16(14,15)10-4-2-3-9(5-10)6-11/h2-5,12H,7H2,1H3. The summed E-state index contributed by atoms with van der Waals surface area (Å²) < 4.78 is 25.4. The summed E-state index contributed by atoms with van der Waals surface area (Å²) in [6.07, 6.45) is 0. The third-order valence-electron chi connectivity index (χ3n) is 1.78. The van der Waals surface area contributed by atoms with Gasteiger partial charge in [-0.2, -0.15) is 5.26 Å². The Balaban J connectivity index is 2.99. The van der Waals surface area contributed by atoms with Gasteiger partial charge in [-0.1, -0.05) is 6.07 Å². The highest BCUT2D eigenvalue weighted by atomic mass is 32.2.